The predicted molar refractivity (Wildman–Crippen MR) is 116 cm³/mol. The number of piperazine rings is 1. The van der Waals surface area contributed by atoms with Crippen LogP contribution >= 0.6 is 11.6 Å². The topological polar surface area (TPSA) is 104 Å². The number of carbonyl (C=O) groups excluding carboxylic acids is 1. The van der Waals surface area contributed by atoms with Gasteiger partial charge in [0, 0.05) is 50.8 Å². The van der Waals surface area contributed by atoms with Crippen LogP contribution in [0.3, 0.4) is 0 Å². The number of hydrogen-bond donors (Lipinski definition) is 1. The summed E-state index contributed by atoms with van der Waals surface area (Å²) >= 11 is 6.12. The van der Waals surface area contributed by atoms with Gasteiger partial charge in [0.25, 0.3) is 11.6 Å². The third kappa shape index (κ3) is 5.59. The van der Waals surface area contributed by atoms with E-state index in [2.05, 4.69) is 4.90 Å². The molecule has 8 nitrogen and oxygen atoms in total. The van der Waals surface area contributed by atoms with Crippen molar-refractivity contribution in [2.75, 3.05) is 26.2 Å². The van der Waals surface area contributed by atoms with E-state index < -0.39 is 10.9 Å². The summed E-state index contributed by atoms with van der Waals surface area (Å²) in [6, 6.07) is 11.8. The second kappa shape index (κ2) is 9.89. The minimum atomic E-state index is -0.841. The number of amides is 1. The summed E-state index contributed by atoms with van der Waals surface area (Å²) < 4.78 is 0. The largest absolute Gasteiger partial charge is 0.481 e. The number of halogens is 1. The summed E-state index contributed by atoms with van der Waals surface area (Å²) in [4.78, 5) is 38.4. The van der Waals surface area contributed by atoms with Crippen LogP contribution in [-0.4, -0.2) is 57.9 Å². The number of aliphatic carboxylic acids is 1. The first kappa shape index (κ1) is 22.7. The van der Waals surface area contributed by atoms with Gasteiger partial charge in [0.1, 0.15) is 0 Å². The van der Waals surface area contributed by atoms with Gasteiger partial charge in [0.2, 0.25) is 0 Å². The Morgan fingerprint density at radius 1 is 1.13 bits per heavy atom. The second-order valence-corrected chi connectivity index (χ2v) is 8.02. The Bertz CT molecular complexity index is 972. The molecule has 3 rings (SSSR count). The van der Waals surface area contributed by atoms with Crippen LogP contribution in [0, 0.1) is 17.0 Å². The third-order valence-electron chi connectivity index (χ3n) is 5.53. The van der Waals surface area contributed by atoms with Gasteiger partial charge in [-0.25, -0.2) is 0 Å². The molecule has 0 aliphatic carbocycles. The molecule has 0 saturated carbocycles. The van der Waals surface area contributed by atoms with Crippen LogP contribution < -0.4 is 0 Å². The van der Waals surface area contributed by atoms with Crippen molar-refractivity contribution in [3.63, 3.8) is 0 Å². The number of hydrogen-bond acceptors (Lipinski definition) is 5. The second-order valence-electron chi connectivity index (χ2n) is 7.61. The first-order chi connectivity index (χ1) is 14.8. The van der Waals surface area contributed by atoms with Gasteiger partial charge < -0.3 is 10.0 Å². The zero-order valence-corrected chi connectivity index (χ0v) is 17.9. The molecule has 0 unspecified atom stereocenters. The van der Waals surface area contributed by atoms with E-state index in [0.717, 1.165) is 11.1 Å². The lowest BCUT2D eigenvalue weighted by molar-refractivity contribution is -0.384. The van der Waals surface area contributed by atoms with Crippen LogP contribution in [-0.2, 0) is 4.79 Å². The highest BCUT2D eigenvalue weighted by Gasteiger charge is 2.29. The number of non-ortho nitro benzene ring substituents is 1. The molecular weight excluding hydrogens is 422 g/mol. The number of nitrogens with zero attached hydrogens (tertiary/aromatic N) is 3. The van der Waals surface area contributed by atoms with E-state index in [-0.39, 0.29) is 34.6 Å². The number of rotatable bonds is 7. The van der Waals surface area contributed by atoms with E-state index in [4.69, 9.17) is 16.7 Å². The minimum Gasteiger partial charge on any atom is -0.481 e. The molecule has 1 N–H and O–H groups in total. The summed E-state index contributed by atoms with van der Waals surface area (Å²) in [6.07, 6.45) is 0.532. The molecule has 0 radical (unpaired) electrons. The van der Waals surface area contributed by atoms with E-state index >= 15 is 0 Å². The van der Waals surface area contributed by atoms with Crippen LogP contribution in [0.15, 0.2) is 42.5 Å². The standard InChI is InChI=1S/C22H24ClN3O5/c1-15-2-4-16(5-3-15)20(8-9-21(27)28)24-10-12-25(13-11-24)22(29)18-14-17(26(30)31)6-7-19(18)23/h2-7,14,20H,8-13H2,1H3,(H,27,28)/t20-/m1/s1. The predicted octanol–water partition coefficient (Wildman–Crippen LogP) is 3.92. The first-order valence-electron chi connectivity index (χ1n) is 10.0. The van der Waals surface area contributed by atoms with Crippen molar-refractivity contribution >= 4 is 29.2 Å². The molecule has 1 aliphatic heterocycles. The Morgan fingerprint density at radius 3 is 2.35 bits per heavy atom. The molecule has 1 aliphatic rings. The van der Waals surface area contributed by atoms with Crippen LogP contribution in [0.4, 0.5) is 5.69 Å². The zero-order chi connectivity index (χ0) is 22.5. The van der Waals surface area contributed by atoms with Crippen molar-refractivity contribution in [3.8, 4) is 0 Å². The van der Waals surface area contributed by atoms with Gasteiger partial charge in [-0.05, 0) is 25.0 Å². The molecule has 0 aromatic heterocycles. The molecule has 1 fully saturated rings. The molecule has 2 aromatic rings. The van der Waals surface area contributed by atoms with Crippen molar-refractivity contribution < 1.29 is 19.6 Å². The number of carboxylic acid groups (broad SMARTS) is 1. The third-order valence-corrected chi connectivity index (χ3v) is 5.86. The lowest BCUT2D eigenvalue weighted by Crippen LogP contribution is -2.49. The Balaban J connectivity index is 1.72. The number of nitro benzene ring substituents is 1. The van der Waals surface area contributed by atoms with Gasteiger partial charge >= 0.3 is 5.97 Å². The highest BCUT2D eigenvalue weighted by molar-refractivity contribution is 6.33. The van der Waals surface area contributed by atoms with E-state index in [0.29, 0.717) is 32.6 Å². The molecule has 2 aromatic carbocycles. The molecule has 1 amide bonds. The molecule has 31 heavy (non-hydrogen) atoms. The fourth-order valence-corrected chi connectivity index (χ4v) is 4.00. The maximum absolute atomic E-state index is 12.9. The van der Waals surface area contributed by atoms with E-state index in [1.165, 1.54) is 18.2 Å². The highest BCUT2D eigenvalue weighted by atomic mass is 35.5. The molecular formula is C22H24ClN3O5. The van der Waals surface area contributed by atoms with Gasteiger partial charge in [-0.3, -0.25) is 24.6 Å². The summed E-state index contributed by atoms with van der Waals surface area (Å²) in [5.41, 5.74) is 2.11. The average molecular weight is 446 g/mol. The molecule has 164 valence electrons. The quantitative estimate of drug-likeness (QED) is 0.511. The van der Waals surface area contributed by atoms with Crippen LogP contribution in [0.25, 0.3) is 0 Å². The van der Waals surface area contributed by atoms with E-state index in [1.807, 2.05) is 31.2 Å². The van der Waals surface area contributed by atoms with Crippen molar-refractivity contribution in [1.82, 2.24) is 9.80 Å². The lowest BCUT2D eigenvalue weighted by atomic mass is 9.98. The SMILES string of the molecule is Cc1ccc([C@@H](CCC(=O)O)N2CCN(C(=O)c3cc([N+](=O)[O-])ccc3Cl)CC2)cc1. The average Bonchev–Trinajstić information content (AvgIpc) is 2.75. The zero-order valence-electron chi connectivity index (χ0n) is 17.2. The summed E-state index contributed by atoms with van der Waals surface area (Å²) in [6.45, 7) is 3.98. The van der Waals surface area contributed by atoms with Gasteiger partial charge in [-0.1, -0.05) is 41.4 Å². The van der Waals surface area contributed by atoms with E-state index in [9.17, 15) is 19.7 Å². The number of benzene rings is 2. The van der Waals surface area contributed by atoms with Gasteiger partial charge in [0.05, 0.1) is 15.5 Å². The van der Waals surface area contributed by atoms with Gasteiger partial charge in [-0.15, -0.1) is 0 Å². The summed E-state index contributed by atoms with van der Waals surface area (Å²) in [7, 11) is 0. The normalized spacial score (nSPS) is 15.5. The summed E-state index contributed by atoms with van der Waals surface area (Å²) in [5.74, 6) is -1.18. The summed E-state index contributed by atoms with van der Waals surface area (Å²) in [5, 5.41) is 20.4. The van der Waals surface area contributed by atoms with Crippen molar-refractivity contribution in [3.05, 3.63) is 74.3 Å². The van der Waals surface area contributed by atoms with Gasteiger partial charge in [0.15, 0.2) is 0 Å². The minimum absolute atomic E-state index is 0.0565. The van der Waals surface area contributed by atoms with Crippen molar-refractivity contribution in [1.29, 1.82) is 0 Å². The van der Waals surface area contributed by atoms with Crippen LogP contribution in [0.5, 0.6) is 0 Å². The van der Waals surface area contributed by atoms with Crippen molar-refractivity contribution in [2.45, 2.75) is 25.8 Å². The lowest BCUT2D eigenvalue weighted by Gasteiger charge is -2.39. The molecule has 0 spiro atoms. The number of aryl methyl sites for hydroxylation is 1. The fourth-order valence-electron chi connectivity index (χ4n) is 3.81. The van der Waals surface area contributed by atoms with Crippen LogP contribution in [0.2, 0.25) is 5.02 Å². The highest BCUT2D eigenvalue weighted by Crippen LogP contribution is 2.29. The number of nitro groups is 1. The Morgan fingerprint density at radius 2 is 1.77 bits per heavy atom. The monoisotopic (exact) mass is 445 g/mol. The molecule has 1 heterocycles. The maximum Gasteiger partial charge on any atom is 0.303 e. The Labute approximate surface area is 185 Å². The molecule has 1 atom stereocenters. The molecule has 0 bridgehead atoms. The fraction of sp³-hybridized carbons (Fsp3) is 0.364. The molecule has 1 saturated heterocycles. The van der Waals surface area contributed by atoms with Crippen molar-refractivity contribution in [2.24, 2.45) is 0 Å². The Kier molecular flexibility index (Phi) is 7.25. The Hall–Kier alpha value is -2.97. The van der Waals surface area contributed by atoms with Gasteiger partial charge in [-0.2, -0.15) is 0 Å². The van der Waals surface area contributed by atoms with Crippen LogP contribution in [0.1, 0.15) is 40.4 Å². The smallest absolute Gasteiger partial charge is 0.303 e. The number of carbonyl (C=O) groups is 2. The first-order valence-corrected chi connectivity index (χ1v) is 10.4. The molecule has 9 heteroatoms. The maximum atomic E-state index is 12.9. The number of carboxylic acids is 1. The van der Waals surface area contributed by atoms with E-state index in [1.54, 1.807) is 4.90 Å².